The quantitative estimate of drug-likeness (QED) is 0.661. The first-order valence-electron chi connectivity index (χ1n) is 5.64. The number of hydrogen-bond acceptors (Lipinski definition) is 2. The van der Waals surface area contributed by atoms with Gasteiger partial charge in [0.1, 0.15) is 0 Å². The molecule has 1 aromatic rings. The van der Waals surface area contributed by atoms with Crippen LogP contribution < -0.4 is 0 Å². The summed E-state index contributed by atoms with van der Waals surface area (Å²) < 4.78 is 27.2. The molecular weight excluding hydrogens is 238 g/mol. The number of benzene rings is 1. The van der Waals surface area contributed by atoms with Crippen LogP contribution >= 0.6 is 0 Å². The van der Waals surface area contributed by atoms with Gasteiger partial charge < -0.3 is 5.11 Å². The second-order valence-electron chi connectivity index (χ2n) is 3.82. The van der Waals surface area contributed by atoms with Crippen molar-refractivity contribution in [1.82, 2.24) is 0 Å². The molecule has 0 amide bonds. The van der Waals surface area contributed by atoms with E-state index in [1.807, 2.05) is 12.8 Å². The van der Waals surface area contributed by atoms with Crippen LogP contribution in [0.25, 0.3) is 0 Å². The fourth-order valence-corrected chi connectivity index (χ4v) is 1.32. The lowest BCUT2D eigenvalue weighted by Crippen LogP contribution is -2.34. The molecule has 1 N–H and O–H groups in total. The molecule has 0 fully saturated rings. The summed E-state index contributed by atoms with van der Waals surface area (Å²) in [7, 11) is 0. The Morgan fingerprint density at radius 1 is 1.39 bits per heavy atom. The van der Waals surface area contributed by atoms with Gasteiger partial charge in [-0.2, -0.15) is 8.78 Å². The predicted molar refractivity (Wildman–Crippen MR) is 64.0 cm³/mol. The maximum atomic E-state index is 13.6. The number of rotatable bonds is 4. The number of aliphatic hydroxyl groups excluding tert-OH is 1. The average molecular weight is 252 g/mol. The van der Waals surface area contributed by atoms with Crippen LogP contribution in [0.3, 0.4) is 0 Å². The number of carbonyl (C=O) groups is 1. The lowest BCUT2D eigenvalue weighted by molar-refractivity contribution is -0.155. The molecule has 0 aromatic heterocycles. The highest BCUT2D eigenvalue weighted by Gasteiger charge is 2.46. The fraction of sp³-hybridized carbons (Fsp3) is 0.357. The third-order valence-electron chi connectivity index (χ3n) is 2.34. The van der Waals surface area contributed by atoms with Crippen LogP contribution in [0.1, 0.15) is 31.4 Å². The molecule has 4 heteroatoms. The fourth-order valence-electron chi connectivity index (χ4n) is 1.32. The van der Waals surface area contributed by atoms with E-state index in [0.29, 0.717) is 12.8 Å². The Morgan fingerprint density at radius 2 is 2.00 bits per heavy atom. The van der Waals surface area contributed by atoms with Crippen LogP contribution in [-0.2, 0) is 4.79 Å². The molecule has 2 nitrogen and oxygen atoms in total. The normalized spacial score (nSPS) is 12.4. The Morgan fingerprint density at radius 3 is 2.56 bits per heavy atom. The van der Waals surface area contributed by atoms with Crippen molar-refractivity contribution in [3.05, 3.63) is 35.9 Å². The molecule has 0 aliphatic heterocycles. The zero-order chi connectivity index (χ0) is 13.6. The van der Waals surface area contributed by atoms with E-state index < -0.39 is 17.8 Å². The van der Waals surface area contributed by atoms with Crippen LogP contribution in [0.15, 0.2) is 30.3 Å². The Bertz CT molecular complexity index is 458. The Hall–Kier alpha value is -1.73. The highest BCUT2D eigenvalue weighted by atomic mass is 19.3. The Labute approximate surface area is 105 Å². The van der Waals surface area contributed by atoms with E-state index in [-0.39, 0.29) is 5.56 Å². The van der Waals surface area contributed by atoms with Crippen LogP contribution in [-0.4, -0.2) is 16.8 Å². The van der Waals surface area contributed by atoms with Crippen molar-refractivity contribution in [1.29, 1.82) is 0 Å². The Balaban J connectivity index is 2.87. The Kier molecular flexibility index (Phi) is 4.99. The van der Waals surface area contributed by atoms with E-state index in [0.717, 1.165) is 0 Å². The van der Waals surface area contributed by atoms with Crippen molar-refractivity contribution in [3.63, 3.8) is 0 Å². The van der Waals surface area contributed by atoms with Gasteiger partial charge in [0.2, 0.25) is 0 Å². The van der Waals surface area contributed by atoms with Crippen molar-refractivity contribution in [2.75, 3.05) is 0 Å². The number of carbonyl (C=O) groups excluding carboxylic acids is 1. The van der Waals surface area contributed by atoms with Gasteiger partial charge in [0.15, 0.2) is 6.10 Å². The summed E-state index contributed by atoms with van der Waals surface area (Å²) in [6.07, 6.45) is -1.10. The van der Waals surface area contributed by atoms with Crippen LogP contribution in [0.4, 0.5) is 8.78 Å². The molecule has 0 aliphatic carbocycles. The minimum absolute atomic E-state index is 0.00635. The molecule has 0 bridgehead atoms. The highest BCUT2D eigenvalue weighted by Crippen LogP contribution is 2.31. The van der Waals surface area contributed by atoms with E-state index in [2.05, 4.69) is 5.92 Å². The van der Waals surface area contributed by atoms with Crippen molar-refractivity contribution in [3.8, 4) is 11.8 Å². The van der Waals surface area contributed by atoms with E-state index in [1.54, 1.807) is 6.07 Å². The third kappa shape index (κ3) is 3.38. The minimum Gasteiger partial charge on any atom is -0.382 e. The molecule has 0 radical (unpaired) electrons. The van der Waals surface area contributed by atoms with Crippen LogP contribution in [0, 0.1) is 11.8 Å². The number of Topliss-reactive ketones (excluding diaryl/α,β-unsaturated/α-hetero) is 1. The lowest BCUT2D eigenvalue weighted by atomic mass is 10.0. The van der Waals surface area contributed by atoms with Gasteiger partial charge in [-0.15, -0.1) is 0 Å². The molecule has 18 heavy (non-hydrogen) atoms. The molecule has 0 saturated heterocycles. The first-order valence-corrected chi connectivity index (χ1v) is 5.64. The van der Waals surface area contributed by atoms with Gasteiger partial charge in [-0.1, -0.05) is 43.2 Å². The highest BCUT2D eigenvalue weighted by molar-refractivity contribution is 6.01. The SMILES string of the molecule is CCCC#CC(=O)C(F)(F)C(O)c1ccccc1. The summed E-state index contributed by atoms with van der Waals surface area (Å²) in [6, 6.07) is 7.34. The molecule has 1 atom stereocenters. The number of halogens is 2. The number of hydrogen-bond donors (Lipinski definition) is 1. The second kappa shape index (κ2) is 6.27. The topological polar surface area (TPSA) is 37.3 Å². The molecule has 96 valence electrons. The van der Waals surface area contributed by atoms with Crippen LogP contribution in [0.5, 0.6) is 0 Å². The monoisotopic (exact) mass is 252 g/mol. The van der Waals surface area contributed by atoms with Crippen molar-refractivity contribution in [2.24, 2.45) is 0 Å². The number of ketones is 1. The molecule has 0 aliphatic rings. The zero-order valence-electron chi connectivity index (χ0n) is 9.99. The van der Waals surface area contributed by atoms with E-state index in [9.17, 15) is 18.7 Å². The summed E-state index contributed by atoms with van der Waals surface area (Å²) in [5, 5.41) is 9.54. The number of alkyl halides is 2. The van der Waals surface area contributed by atoms with E-state index in [4.69, 9.17) is 0 Å². The smallest absolute Gasteiger partial charge is 0.346 e. The predicted octanol–water partition coefficient (Wildman–Crippen LogP) is 2.73. The van der Waals surface area contributed by atoms with Crippen LogP contribution in [0.2, 0.25) is 0 Å². The molecular formula is C14H14F2O2. The molecule has 0 saturated carbocycles. The average Bonchev–Trinajstić information content (AvgIpc) is 2.39. The van der Waals surface area contributed by atoms with Crippen molar-refractivity contribution in [2.45, 2.75) is 31.8 Å². The first kappa shape index (κ1) is 14.3. The van der Waals surface area contributed by atoms with Gasteiger partial charge in [-0.25, -0.2) is 0 Å². The minimum atomic E-state index is -3.89. The molecule has 0 spiro atoms. The molecule has 0 heterocycles. The maximum absolute atomic E-state index is 13.6. The van der Waals surface area contributed by atoms with E-state index in [1.165, 1.54) is 24.3 Å². The summed E-state index contributed by atoms with van der Waals surface area (Å²) in [6.45, 7) is 1.83. The summed E-state index contributed by atoms with van der Waals surface area (Å²) in [5.74, 6) is -1.20. The van der Waals surface area contributed by atoms with Gasteiger partial charge in [0.05, 0.1) is 0 Å². The standard InChI is InChI=1S/C14H14F2O2/c1-2-3-5-10-12(17)14(15,16)13(18)11-8-6-4-7-9-11/h4,6-9,13,18H,2-3H2,1H3. The van der Waals surface area contributed by atoms with E-state index >= 15 is 0 Å². The maximum Gasteiger partial charge on any atom is 0.346 e. The number of aliphatic hydroxyl groups is 1. The second-order valence-corrected chi connectivity index (χ2v) is 3.82. The van der Waals surface area contributed by atoms with Crippen molar-refractivity contribution < 1.29 is 18.7 Å². The van der Waals surface area contributed by atoms with Gasteiger partial charge in [-0.3, -0.25) is 4.79 Å². The van der Waals surface area contributed by atoms with Gasteiger partial charge in [0, 0.05) is 6.42 Å². The molecule has 1 aromatic carbocycles. The molecule has 1 unspecified atom stereocenters. The van der Waals surface area contributed by atoms with Gasteiger partial charge in [0.25, 0.3) is 5.78 Å². The largest absolute Gasteiger partial charge is 0.382 e. The zero-order valence-corrected chi connectivity index (χ0v) is 9.99. The third-order valence-corrected chi connectivity index (χ3v) is 2.34. The summed E-state index contributed by atoms with van der Waals surface area (Å²) >= 11 is 0. The van der Waals surface area contributed by atoms with Gasteiger partial charge >= 0.3 is 5.92 Å². The van der Waals surface area contributed by atoms with Gasteiger partial charge in [-0.05, 0) is 17.9 Å². The molecule has 1 rings (SSSR count). The number of unbranched alkanes of at least 4 members (excludes halogenated alkanes) is 1. The van der Waals surface area contributed by atoms with Crippen molar-refractivity contribution >= 4 is 5.78 Å². The summed E-state index contributed by atoms with van der Waals surface area (Å²) in [5.41, 5.74) is -0.00635. The lowest BCUT2D eigenvalue weighted by Gasteiger charge is -2.19. The summed E-state index contributed by atoms with van der Waals surface area (Å²) in [4.78, 5) is 11.3. The first-order chi connectivity index (χ1) is 8.50.